The average molecular weight is 270 g/mol. The number of hydrogen-bond acceptors (Lipinski definition) is 3. The highest BCUT2D eigenvalue weighted by molar-refractivity contribution is 5.84. The highest BCUT2D eigenvalue weighted by Crippen LogP contribution is 2.23. The first kappa shape index (κ1) is 16.0. The van der Waals surface area contributed by atoms with Gasteiger partial charge in [-0.15, -0.1) is 0 Å². The zero-order valence-corrected chi connectivity index (χ0v) is 12.4. The zero-order chi connectivity index (χ0) is 14.6. The molecule has 110 valence electrons. The van der Waals surface area contributed by atoms with Crippen molar-refractivity contribution in [2.24, 2.45) is 5.92 Å². The fourth-order valence-electron chi connectivity index (χ4n) is 2.36. The first-order valence-electron chi connectivity index (χ1n) is 6.98. The second-order valence-electron chi connectivity index (χ2n) is 6.50. The summed E-state index contributed by atoms with van der Waals surface area (Å²) in [6, 6.07) is -0.647. The molecule has 0 spiro atoms. The van der Waals surface area contributed by atoms with Crippen molar-refractivity contribution >= 4 is 11.9 Å². The van der Waals surface area contributed by atoms with Crippen LogP contribution < -0.4 is 5.32 Å². The summed E-state index contributed by atoms with van der Waals surface area (Å²) in [5, 5.41) is 12.5. The number of carboxylic acid groups (broad SMARTS) is 1. The third-order valence-corrected chi connectivity index (χ3v) is 3.46. The molecule has 0 saturated carbocycles. The monoisotopic (exact) mass is 270 g/mol. The van der Waals surface area contributed by atoms with E-state index in [0.717, 1.165) is 6.42 Å². The molecular weight excluding hydrogens is 244 g/mol. The van der Waals surface area contributed by atoms with Gasteiger partial charge in [-0.05, 0) is 39.5 Å². The van der Waals surface area contributed by atoms with Crippen LogP contribution in [-0.4, -0.2) is 46.6 Å². The third kappa shape index (κ3) is 5.19. The Bertz CT molecular complexity index is 336. The Morgan fingerprint density at radius 3 is 2.53 bits per heavy atom. The van der Waals surface area contributed by atoms with E-state index in [1.54, 1.807) is 0 Å². The summed E-state index contributed by atoms with van der Waals surface area (Å²) in [6.07, 6.45) is 1.81. The lowest BCUT2D eigenvalue weighted by Crippen LogP contribution is -2.50. The van der Waals surface area contributed by atoms with Crippen molar-refractivity contribution in [3.8, 4) is 0 Å². The van der Waals surface area contributed by atoms with Crippen molar-refractivity contribution in [3.63, 3.8) is 0 Å². The van der Waals surface area contributed by atoms with Crippen LogP contribution in [0.25, 0.3) is 0 Å². The summed E-state index contributed by atoms with van der Waals surface area (Å²) in [4.78, 5) is 24.9. The lowest BCUT2D eigenvalue weighted by atomic mass is 9.92. The lowest BCUT2D eigenvalue weighted by molar-refractivity contribution is -0.153. The van der Waals surface area contributed by atoms with Gasteiger partial charge in [-0.1, -0.05) is 6.92 Å². The number of rotatable bonds is 4. The van der Waals surface area contributed by atoms with Crippen LogP contribution in [0.5, 0.6) is 0 Å². The molecule has 2 atom stereocenters. The molecule has 19 heavy (non-hydrogen) atoms. The van der Waals surface area contributed by atoms with E-state index in [1.807, 2.05) is 27.7 Å². The summed E-state index contributed by atoms with van der Waals surface area (Å²) in [7, 11) is 0. The van der Waals surface area contributed by atoms with Gasteiger partial charge in [-0.2, -0.15) is 0 Å². The second-order valence-corrected chi connectivity index (χ2v) is 6.50. The van der Waals surface area contributed by atoms with Gasteiger partial charge in [-0.3, -0.25) is 4.79 Å². The molecule has 2 unspecified atom stereocenters. The van der Waals surface area contributed by atoms with E-state index in [-0.39, 0.29) is 11.4 Å². The summed E-state index contributed by atoms with van der Waals surface area (Å²) in [6.45, 7) is 9.31. The van der Waals surface area contributed by atoms with E-state index >= 15 is 0 Å². The zero-order valence-electron chi connectivity index (χ0n) is 12.4. The molecule has 0 bridgehead atoms. The minimum atomic E-state index is -0.885. The van der Waals surface area contributed by atoms with Crippen LogP contribution in [0.15, 0.2) is 0 Å². The minimum Gasteiger partial charge on any atom is -0.480 e. The van der Waals surface area contributed by atoms with E-state index in [1.165, 1.54) is 4.90 Å². The highest BCUT2D eigenvalue weighted by Gasteiger charge is 2.34. The fraction of sp³-hybridized carbons (Fsp3) is 0.857. The molecule has 1 aliphatic heterocycles. The average Bonchev–Trinajstić information content (AvgIpc) is 2.26. The van der Waals surface area contributed by atoms with Gasteiger partial charge in [0.2, 0.25) is 5.91 Å². The quantitative estimate of drug-likeness (QED) is 0.812. The maximum atomic E-state index is 12.1. The predicted octanol–water partition coefficient (Wildman–Crippen LogP) is 1.48. The maximum Gasteiger partial charge on any atom is 0.326 e. The number of nitrogens with one attached hydrogen (secondary N) is 1. The van der Waals surface area contributed by atoms with E-state index in [2.05, 4.69) is 5.32 Å². The Hall–Kier alpha value is -1.10. The van der Waals surface area contributed by atoms with Crippen molar-refractivity contribution in [2.45, 2.75) is 58.5 Å². The number of amides is 1. The molecule has 0 aromatic rings. The molecule has 0 radical (unpaired) electrons. The normalized spacial score (nSPS) is 24.3. The molecule has 1 aliphatic rings. The molecule has 5 heteroatoms. The number of nitrogens with zero attached hydrogens (tertiary/aromatic N) is 1. The molecule has 5 nitrogen and oxygen atoms in total. The van der Waals surface area contributed by atoms with Crippen molar-refractivity contribution in [2.75, 3.05) is 13.1 Å². The van der Waals surface area contributed by atoms with Crippen LogP contribution in [0, 0.1) is 5.92 Å². The molecule has 1 fully saturated rings. The van der Waals surface area contributed by atoms with E-state index in [0.29, 0.717) is 31.8 Å². The molecule has 1 saturated heterocycles. The van der Waals surface area contributed by atoms with Crippen LogP contribution in [0.2, 0.25) is 0 Å². The maximum absolute atomic E-state index is 12.1. The molecule has 1 amide bonds. The number of piperidine rings is 1. The standard InChI is InChI=1S/C14H26N2O3/c1-10-6-8-16(11(9-10)13(18)19)12(17)5-7-15-14(2,3)4/h10-11,15H,5-9H2,1-4H3,(H,18,19). The molecule has 1 rings (SSSR count). The first-order valence-corrected chi connectivity index (χ1v) is 6.98. The smallest absolute Gasteiger partial charge is 0.326 e. The van der Waals surface area contributed by atoms with Crippen molar-refractivity contribution in [3.05, 3.63) is 0 Å². The Kier molecular flexibility index (Phi) is 5.35. The van der Waals surface area contributed by atoms with Gasteiger partial charge in [0.05, 0.1) is 0 Å². The summed E-state index contributed by atoms with van der Waals surface area (Å²) < 4.78 is 0. The lowest BCUT2D eigenvalue weighted by Gasteiger charge is -2.36. The van der Waals surface area contributed by atoms with Gasteiger partial charge in [0.1, 0.15) is 6.04 Å². The first-order chi connectivity index (χ1) is 8.70. The summed E-state index contributed by atoms with van der Waals surface area (Å²) in [5.41, 5.74) is -0.0249. The molecule has 0 aromatic carbocycles. The van der Waals surface area contributed by atoms with E-state index < -0.39 is 12.0 Å². The highest BCUT2D eigenvalue weighted by atomic mass is 16.4. The molecule has 0 aromatic heterocycles. The van der Waals surface area contributed by atoms with Gasteiger partial charge in [0, 0.05) is 25.0 Å². The van der Waals surface area contributed by atoms with Gasteiger partial charge in [0.25, 0.3) is 0 Å². The Labute approximate surface area is 115 Å². The van der Waals surface area contributed by atoms with Crippen molar-refractivity contribution in [1.82, 2.24) is 10.2 Å². The van der Waals surface area contributed by atoms with E-state index in [9.17, 15) is 14.7 Å². The second kappa shape index (κ2) is 6.37. The largest absolute Gasteiger partial charge is 0.480 e. The third-order valence-electron chi connectivity index (χ3n) is 3.46. The Morgan fingerprint density at radius 1 is 1.37 bits per heavy atom. The number of carboxylic acids is 1. The Morgan fingerprint density at radius 2 is 2.00 bits per heavy atom. The molecule has 1 heterocycles. The fourth-order valence-corrected chi connectivity index (χ4v) is 2.36. The van der Waals surface area contributed by atoms with Crippen molar-refractivity contribution in [1.29, 1.82) is 0 Å². The van der Waals surface area contributed by atoms with Crippen LogP contribution in [0.1, 0.15) is 47.0 Å². The van der Waals surface area contributed by atoms with Gasteiger partial charge in [-0.25, -0.2) is 4.79 Å². The minimum absolute atomic E-state index is 0.0249. The number of aliphatic carboxylic acids is 1. The number of likely N-dealkylation sites (tertiary alicyclic amines) is 1. The number of hydrogen-bond donors (Lipinski definition) is 2. The van der Waals surface area contributed by atoms with Crippen LogP contribution in [0.3, 0.4) is 0 Å². The Balaban J connectivity index is 2.52. The van der Waals surface area contributed by atoms with Crippen LogP contribution in [0.4, 0.5) is 0 Å². The number of carbonyl (C=O) groups is 2. The van der Waals surface area contributed by atoms with Crippen LogP contribution in [-0.2, 0) is 9.59 Å². The number of carbonyl (C=O) groups excluding carboxylic acids is 1. The topological polar surface area (TPSA) is 69.6 Å². The predicted molar refractivity (Wildman–Crippen MR) is 73.9 cm³/mol. The summed E-state index contributed by atoms with van der Waals surface area (Å²) >= 11 is 0. The summed E-state index contributed by atoms with van der Waals surface area (Å²) in [5.74, 6) is -0.572. The molecule has 0 aliphatic carbocycles. The molecular formula is C14H26N2O3. The van der Waals surface area contributed by atoms with Gasteiger partial charge in [0.15, 0.2) is 0 Å². The SMILES string of the molecule is CC1CCN(C(=O)CCNC(C)(C)C)C(C(=O)O)C1. The van der Waals surface area contributed by atoms with Crippen molar-refractivity contribution < 1.29 is 14.7 Å². The van der Waals surface area contributed by atoms with Gasteiger partial charge >= 0.3 is 5.97 Å². The van der Waals surface area contributed by atoms with E-state index in [4.69, 9.17) is 0 Å². The molecule has 2 N–H and O–H groups in total. The van der Waals surface area contributed by atoms with Gasteiger partial charge < -0.3 is 15.3 Å². The van der Waals surface area contributed by atoms with Crippen LogP contribution >= 0.6 is 0 Å².